The smallest absolute Gasteiger partial charge is 0.463 e. The minimum Gasteiger partial charge on any atom is -0.463 e. The van der Waals surface area contributed by atoms with E-state index in [1.165, 1.54) is 51.4 Å². The Morgan fingerprint density at radius 3 is 1.55 bits per heavy atom. The summed E-state index contributed by atoms with van der Waals surface area (Å²) < 4.78 is 26.8. The molecule has 0 bridgehead atoms. The first-order valence-corrected chi connectivity index (χ1v) is 23.4. The molecule has 2 atom stereocenters. The van der Waals surface area contributed by atoms with Crippen LogP contribution in [-0.4, -0.2) is 54.3 Å². The summed E-state index contributed by atoms with van der Waals surface area (Å²) in [5, 5.41) is 12.7. The molecule has 0 saturated carbocycles. The van der Waals surface area contributed by atoms with Gasteiger partial charge in [0, 0.05) is 19.4 Å². The monoisotopic (exact) mass is 806 g/mol. The van der Waals surface area contributed by atoms with E-state index in [4.69, 9.17) is 13.8 Å². The van der Waals surface area contributed by atoms with E-state index >= 15 is 0 Å². The molecule has 0 aromatic heterocycles. The van der Waals surface area contributed by atoms with Crippen LogP contribution in [-0.2, 0) is 27.9 Å². The number of phosphoric acid groups is 1. The van der Waals surface area contributed by atoms with Crippen molar-refractivity contribution >= 4 is 19.7 Å². The zero-order valence-corrected chi connectivity index (χ0v) is 36.2. The van der Waals surface area contributed by atoms with Gasteiger partial charge < -0.3 is 20.1 Å². The number of allylic oxidation sites excluding steroid dienone is 12. The molecule has 322 valence electrons. The van der Waals surface area contributed by atoms with Crippen molar-refractivity contribution in [3.63, 3.8) is 0 Å². The van der Waals surface area contributed by atoms with Crippen LogP contribution in [0.15, 0.2) is 72.9 Å². The lowest BCUT2D eigenvalue weighted by molar-refractivity contribution is -0.147. The normalized spacial score (nSPS) is 14.0. The summed E-state index contributed by atoms with van der Waals surface area (Å²) in [7, 11) is -4.42. The van der Waals surface area contributed by atoms with Crippen LogP contribution in [0.1, 0.15) is 174 Å². The molecule has 0 aliphatic rings. The van der Waals surface area contributed by atoms with Crippen LogP contribution in [0.2, 0.25) is 0 Å². The molecular weight excluding hydrogens is 725 g/mol. The maximum Gasteiger partial charge on any atom is 0.472 e. The predicted molar refractivity (Wildman–Crippen MR) is 233 cm³/mol. The van der Waals surface area contributed by atoms with Crippen LogP contribution < -0.4 is 5.32 Å². The van der Waals surface area contributed by atoms with Crippen molar-refractivity contribution in [1.82, 2.24) is 5.32 Å². The number of phosphoric ester groups is 1. The fourth-order valence-corrected chi connectivity index (χ4v) is 6.33. The highest BCUT2D eigenvalue weighted by atomic mass is 31.2. The van der Waals surface area contributed by atoms with E-state index < -0.39 is 26.5 Å². The molecule has 1 amide bonds. The number of ether oxygens (including phenoxy) is 1. The van der Waals surface area contributed by atoms with Crippen LogP contribution in [0.3, 0.4) is 0 Å². The minimum absolute atomic E-state index is 0.0704. The number of nitrogens with one attached hydrogen (secondary N) is 1. The second-order valence-electron chi connectivity index (χ2n) is 14.3. The summed E-state index contributed by atoms with van der Waals surface area (Å²) in [5.41, 5.74) is 0. The molecule has 3 N–H and O–H groups in total. The van der Waals surface area contributed by atoms with E-state index in [-0.39, 0.29) is 32.1 Å². The number of aliphatic hydroxyl groups excluding tert-OH is 1. The number of hydrogen-bond donors (Lipinski definition) is 3. The van der Waals surface area contributed by atoms with Crippen molar-refractivity contribution in [2.75, 3.05) is 26.4 Å². The van der Waals surface area contributed by atoms with Gasteiger partial charge in [0.05, 0.1) is 13.2 Å². The van der Waals surface area contributed by atoms with Gasteiger partial charge in [0.25, 0.3) is 0 Å². The van der Waals surface area contributed by atoms with Gasteiger partial charge in [0.1, 0.15) is 12.7 Å². The maximum absolute atomic E-state index is 12.1. The number of hydrogen-bond acceptors (Lipinski definition) is 7. The molecule has 0 saturated heterocycles. The zero-order chi connectivity index (χ0) is 41.1. The van der Waals surface area contributed by atoms with E-state index in [9.17, 15) is 24.2 Å². The molecule has 0 spiro atoms. The first kappa shape index (κ1) is 53.5. The Hall–Kier alpha value is -2.55. The van der Waals surface area contributed by atoms with Crippen molar-refractivity contribution in [2.45, 2.75) is 180 Å². The molecule has 0 aromatic carbocycles. The molecule has 0 heterocycles. The van der Waals surface area contributed by atoms with Crippen LogP contribution in [0.5, 0.6) is 0 Å². The Labute approximate surface area is 341 Å². The molecule has 0 radical (unpaired) electrons. The van der Waals surface area contributed by atoms with Crippen LogP contribution >= 0.6 is 7.82 Å². The van der Waals surface area contributed by atoms with E-state index in [2.05, 4.69) is 92.1 Å². The summed E-state index contributed by atoms with van der Waals surface area (Å²) in [6, 6.07) is 0. The van der Waals surface area contributed by atoms with Gasteiger partial charge in [-0.2, -0.15) is 0 Å². The highest BCUT2D eigenvalue weighted by Gasteiger charge is 2.23. The maximum atomic E-state index is 12.1. The number of amides is 1. The predicted octanol–water partition coefficient (Wildman–Crippen LogP) is 12.3. The molecule has 0 aromatic rings. The second kappa shape index (κ2) is 42.1. The van der Waals surface area contributed by atoms with Crippen molar-refractivity contribution in [3.8, 4) is 0 Å². The number of rotatable bonds is 40. The lowest BCUT2D eigenvalue weighted by Crippen LogP contribution is -2.27. The number of aliphatic hydroxyl groups is 1. The Balaban J connectivity index is 3.64. The average molecular weight is 806 g/mol. The van der Waals surface area contributed by atoms with Crippen molar-refractivity contribution in [1.29, 1.82) is 0 Å². The molecule has 0 aliphatic heterocycles. The third-order valence-corrected chi connectivity index (χ3v) is 9.85. The third kappa shape index (κ3) is 42.6. The van der Waals surface area contributed by atoms with Crippen molar-refractivity contribution in [3.05, 3.63) is 72.9 Å². The highest BCUT2D eigenvalue weighted by molar-refractivity contribution is 7.47. The van der Waals surface area contributed by atoms with Gasteiger partial charge in [0.2, 0.25) is 5.91 Å². The summed E-state index contributed by atoms with van der Waals surface area (Å²) >= 11 is 0. The largest absolute Gasteiger partial charge is 0.472 e. The number of esters is 1. The van der Waals surface area contributed by atoms with Crippen LogP contribution in [0, 0.1) is 0 Å². The standard InChI is InChI=1S/C46H80NO8P/c1-3-5-7-9-11-13-15-17-18-19-20-21-22-23-24-25-26-27-28-30-32-34-36-38-45(49)47-40-41-54-56(51,52)55-43-44(48)42-53-46(50)39-37-35-33-31-29-16-14-12-10-8-6-4-2/h5,7,11-14,17-18,20-21,23-24,44,48H,3-4,6,8-10,15-16,19,22,25-43H2,1-2H3,(H,47,49)(H,51,52)/b7-5-,13-11-,14-12-,18-17-,21-20-,24-23-. The molecule has 2 unspecified atom stereocenters. The summed E-state index contributed by atoms with van der Waals surface area (Å²) in [6.45, 7) is 3.37. The molecule has 0 fully saturated rings. The van der Waals surface area contributed by atoms with Gasteiger partial charge in [0.15, 0.2) is 0 Å². The molecular formula is C46H80NO8P. The second-order valence-corrected chi connectivity index (χ2v) is 15.7. The first-order chi connectivity index (χ1) is 27.3. The highest BCUT2D eigenvalue weighted by Crippen LogP contribution is 2.42. The van der Waals surface area contributed by atoms with Gasteiger partial charge in [-0.25, -0.2) is 4.57 Å². The Bertz CT molecular complexity index is 1150. The fourth-order valence-electron chi connectivity index (χ4n) is 5.58. The van der Waals surface area contributed by atoms with E-state index in [1.807, 2.05) is 0 Å². The van der Waals surface area contributed by atoms with Gasteiger partial charge in [-0.3, -0.25) is 18.6 Å². The minimum atomic E-state index is -4.42. The Morgan fingerprint density at radius 2 is 1.02 bits per heavy atom. The molecule has 9 nitrogen and oxygen atoms in total. The van der Waals surface area contributed by atoms with Crippen LogP contribution in [0.25, 0.3) is 0 Å². The summed E-state index contributed by atoms with van der Waals surface area (Å²) in [5.74, 6) is -0.542. The SMILES string of the molecule is CC/C=C\C/C=C\C/C=C\C/C=C\C/C=C\CCCCCCCCCC(=O)NCCOP(=O)(O)OCC(O)COC(=O)CCCCCCC/C=C\CCCCC. The van der Waals surface area contributed by atoms with Gasteiger partial charge >= 0.3 is 13.8 Å². The lowest BCUT2D eigenvalue weighted by Gasteiger charge is -2.15. The lowest BCUT2D eigenvalue weighted by atomic mass is 10.1. The van der Waals surface area contributed by atoms with E-state index in [0.29, 0.717) is 6.42 Å². The Kier molecular flexibility index (Phi) is 40.2. The van der Waals surface area contributed by atoms with E-state index in [1.54, 1.807) is 0 Å². The molecule has 0 aliphatic carbocycles. The topological polar surface area (TPSA) is 131 Å². The average Bonchev–Trinajstić information content (AvgIpc) is 3.18. The third-order valence-electron chi connectivity index (χ3n) is 8.87. The molecule has 10 heteroatoms. The number of unbranched alkanes of at least 4 members (excludes halogenated alkanes) is 15. The van der Waals surface area contributed by atoms with Gasteiger partial charge in [-0.15, -0.1) is 0 Å². The quantitative estimate of drug-likeness (QED) is 0.0241. The number of carbonyl (C=O) groups is 2. The Morgan fingerprint density at radius 1 is 0.571 bits per heavy atom. The van der Waals surface area contributed by atoms with Gasteiger partial charge in [-0.1, -0.05) is 151 Å². The summed E-state index contributed by atoms with van der Waals surface area (Å²) in [6.07, 6.45) is 51.2. The number of carbonyl (C=O) groups excluding carboxylic acids is 2. The first-order valence-electron chi connectivity index (χ1n) is 21.9. The van der Waals surface area contributed by atoms with E-state index in [0.717, 1.165) is 96.3 Å². The van der Waals surface area contributed by atoms with Gasteiger partial charge in [-0.05, 0) is 83.5 Å². The van der Waals surface area contributed by atoms with Crippen molar-refractivity contribution in [2.24, 2.45) is 0 Å². The fraction of sp³-hybridized carbons (Fsp3) is 0.696. The van der Waals surface area contributed by atoms with Crippen molar-refractivity contribution < 1.29 is 37.9 Å². The van der Waals surface area contributed by atoms with Crippen LogP contribution in [0.4, 0.5) is 0 Å². The molecule has 56 heavy (non-hydrogen) atoms. The zero-order valence-electron chi connectivity index (χ0n) is 35.3. The summed E-state index contributed by atoms with van der Waals surface area (Å²) in [4.78, 5) is 33.9. The molecule has 0 rings (SSSR count).